The smallest absolute Gasteiger partial charge is 0.337 e. The monoisotopic (exact) mass is 302 g/mol. The van der Waals surface area contributed by atoms with E-state index in [9.17, 15) is 9.90 Å². The maximum absolute atomic E-state index is 11.4. The summed E-state index contributed by atoms with van der Waals surface area (Å²) in [6.07, 6.45) is 8.20. The van der Waals surface area contributed by atoms with Crippen molar-refractivity contribution in [3.63, 3.8) is 0 Å². The van der Waals surface area contributed by atoms with Crippen molar-refractivity contribution in [2.75, 3.05) is 13.7 Å². The molecule has 0 spiro atoms. The molecule has 0 saturated carbocycles. The van der Waals surface area contributed by atoms with Gasteiger partial charge in [-0.05, 0) is 49.0 Å². The second-order valence-corrected chi connectivity index (χ2v) is 5.20. The third kappa shape index (κ3) is 5.86. The van der Waals surface area contributed by atoms with Crippen LogP contribution in [-0.4, -0.2) is 24.8 Å². The summed E-state index contributed by atoms with van der Waals surface area (Å²) in [5, 5.41) is 9.52. The lowest BCUT2D eigenvalue weighted by Crippen LogP contribution is -2.00. The lowest BCUT2D eigenvalue weighted by molar-refractivity contribution is 0.0600. The van der Waals surface area contributed by atoms with Gasteiger partial charge in [0.15, 0.2) is 0 Å². The Morgan fingerprint density at radius 3 is 2.27 bits per heavy atom. The van der Waals surface area contributed by atoms with Crippen molar-refractivity contribution in [2.45, 2.75) is 39.5 Å². The highest BCUT2D eigenvalue weighted by Crippen LogP contribution is 2.18. The lowest BCUT2D eigenvalue weighted by atomic mass is 10.0. The molecule has 0 amide bonds. The number of hydrogen-bond donors (Lipinski definition) is 1. The number of aliphatic hydroxyl groups excluding tert-OH is 1. The van der Waals surface area contributed by atoms with Gasteiger partial charge in [0.1, 0.15) is 0 Å². The van der Waals surface area contributed by atoms with Crippen LogP contribution in [0.15, 0.2) is 41.5 Å². The van der Waals surface area contributed by atoms with Gasteiger partial charge in [-0.1, -0.05) is 43.7 Å². The Hall–Kier alpha value is -1.87. The maximum atomic E-state index is 11.4. The molecule has 0 aromatic heterocycles. The minimum absolute atomic E-state index is 0.0574. The second-order valence-electron chi connectivity index (χ2n) is 5.20. The van der Waals surface area contributed by atoms with E-state index in [0.29, 0.717) is 5.56 Å². The van der Waals surface area contributed by atoms with Gasteiger partial charge in [-0.15, -0.1) is 0 Å². The van der Waals surface area contributed by atoms with Crippen LogP contribution >= 0.6 is 0 Å². The van der Waals surface area contributed by atoms with E-state index in [2.05, 4.69) is 24.7 Å². The average Bonchev–Trinajstić information content (AvgIpc) is 2.57. The molecule has 0 radical (unpaired) electrons. The third-order valence-corrected chi connectivity index (χ3v) is 3.62. The topological polar surface area (TPSA) is 46.5 Å². The molecular weight excluding hydrogens is 276 g/mol. The van der Waals surface area contributed by atoms with Crippen molar-refractivity contribution < 1.29 is 14.6 Å². The Morgan fingerprint density at radius 2 is 1.77 bits per heavy atom. The Kier molecular flexibility index (Phi) is 8.23. The van der Waals surface area contributed by atoms with Gasteiger partial charge in [-0.3, -0.25) is 0 Å². The van der Waals surface area contributed by atoms with Gasteiger partial charge in [-0.2, -0.15) is 0 Å². The van der Waals surface area contributed by atoms with Crippen molar-refractivity contribution in [1.29, 1.82) is 0 Å². The standard InChI is InChI=1S/C19H26O3/c1-4-6-15(5-2)7-8-17(14-20)13-16-9-11-18(12-10-16)19(21)22-3/h6,9-13,20H,4-5,7-8,14H2,1-3H3/b15-6+,17-13+. The predicted octanol–water partition coefficient (Wildman–Crippen LogP) is 4.38. The number of benzene rings is 1. The highest BCUT2D eigenvalue weighted by Gasteiger charge is 2.04. The third-order valence-electron chi connectivity index (χ3n) is 3.62. The van der Waals surface area contributed by atoms with Crippen molar-refractivity contribution >= 4 is 12.0 Å². The van der Waals surface area contributed by atoms with Gasteiger partial charge >= 0.3 is 5.97 Å². The summed E-state index contributed by atoms with van der Waals surface area (Å²) in [4.78, 5) is 11.4. The van der Waals surface area contributed by atoms with Gasteiger partial charge in [0.25, 0.3) is 0 Å². The number of methoxy groups -OCH3 is 1. The minimum Gasteiger partial charge on any atom is -0.465 e. The van der Waals surface area contributed by atoms with Gasteiger partial charge in [0.05, 0.1) is 19.3 Å². The van der Waals surface area contributed by atoms with Crippen LogP contribution in [0.25, 0.3) is 6.08 Å². The summed E-state index contributed by atoms with van der Waals surface area (Å²) >= 11 is 0. The summed E-state index contributed by atoms with van der Waals surface area (Å²) in [5.74, 6) is -0.338. The number of allylic oxidation sites excluding steroid dienone is 2. The highest BCUT2D eigenvalue weighted by atomic mass is 16.5. The van der Waals surface area contributed by atoms with Crippen LogP contribution in [0.4, 0.5) is 0 Å². The summed E-state index contributed by atoms with van der Waals surface area (Å²) in [6.45, 7) is 4.36. The molecule has 1 rings (SSSR count). The molecule has 1 N–H and O–H groups in total. The Morgan fingerprint density at radius 1 is 1.14 bits per heavy atom. The predicted molar refractivity (Wildman–Crippen MR) is 90.7 cm³/mol. The van der Waals surface area contributed by atoms with Crippen LogP contribution in [0.2, 0.25) is 0 Å². The van der Waals surface area contributed by atoms with Crippen molar-refractivity contribution in [3.05, 3.63) is 52.6 Å². The van der Waals surface area contributed by atoms with Gasteiger partial charge in [-0.25, -0.2) is 4.79 Å². The average molecular weight is 302 g/mol. The molecule has 0 atom stereocenters. The number of carbonyl (C=O) groups is 1. The number of carbonyl (C=O) groups excluding carboxylic acids is 1. The zero-order valence-electron chi connectivity index (χ0n) is 13.8. The summed E-state index contributed by atoms with van der Waals surface area (Å²) in [6, 6.07) is 7.21. The van der Waals surface area contributed by atoms with Crippen LogP contribution in [0, 0.1) is 0 Å². The van der Waals surface area contributed by atoms with Crippen LogP contribution in [0.5, 0.6) is 0 Å². The van der Waals surface area contributed by atoms with Gasteiger partial charge in [0, 0.05) is 0 Å². The van der Waals surface area contributed by atoms with Crippen LogP contribution in [0.3, 0.4) is 0 Å². The van der Waals surface area contributed by atoms with E-state index in [0.717, 1.165) is 36.8 Å². The second kappa shape index (κ2) is 9.96. The number of ether oxygens (including phenoxy) is 1. The van der Waals surface area contributed by atoms with Crippen LogP contribution < -0.4 is 0 Å². The minimum atomic E-state index is -0.338. The molecule has 0 bridgehead atoms. The van der Waals surface area contributed by atoms with Crippen molar-refractivity contribution in [2.24, 2.45) is 0 Å². The molecule has 0 unspecified atom stereocenters. The van der Waals surface area contributed by atoms with E-state index in [4.69, 9.17) is 0 Å². The van der Waals surface area contributed by atoms with E-state index in [1.165, 1.54) is 12.7 Å². The van der Waals surface area contributed by atoms with Crippen LogP contribution in [-0.2, 0) is 4.74 Å². The molecule has 3 heteroatoms. The fraction of sp³-hybridized carbons (Fsp3) is 0.421. The zero-order chi connectivity index (χ0) is 16.4. The van der Waals surface area contributed by atoms with E-state index in [-0.39, 0.29) is 12.6 Å². The fourth-order valence-corrected chi connectivity index (χ4v) is 2.30. The zero-order valence-corrected chi connectivity index (χ0v) is 13.8. The van der Waals surface area contributed by atoms with E-state index in [1.54, 1.807) is 12.1 Å². The van der Waals surface area contributed by atoms with Crippen molar-refractivity contribution in [1.82, 2.24) is 0 Å². The normalized spacial score (nSPS) is 12.4. The summed E-state index contributed by atoms with van der Waals surface area (Å²) in [7, 11) is 1.37. The molecule has 1 aromatic carbocycles. The van der Waals surface area contributed by atoms with Crippen LogP contribution in [0.1, 0.15) is 55.5 Å². The number of esters is 1. The first kappa shape index (κ1) is 18.2. The van der Waals surface area contributed by atoms with Gasteiger partial charge in [0.2, 0.25) is 0 Å². The SMILES string of the molecule is CC/C=C(\CC)CC/C(=C\c1ccc(C(=O)OC)cc1)CO. The van der Waals surface area contributed by atoms with Crippen molar-refractivity contribution in [3.8, 4) is 0 Å². The quantitative estimate of drug-likeness (QED) is 0.573. The highest BCUT2D eigenvalue weighted by molar-refractivity contribution is 5.89. The number of rotatable bonds is 8. The first-order valence-electron chi connectivity index (χ1n) is 7.81. The molecule has 0 aliphatic carbocycles. The van der Waals surface area contributed by atoms with E-state index >= 15 is 0 Å². The largest absolute Gasteiger partial charge is 0.465 e. The summed E-state index contributed by atoms with van der Waals surface area (Å²) in [5.41, 5.74) is 3.95. The first-order chi connectivity index (χ1) is 10.6. The Bertz CT molecular complexity index is 524. The summed E-state index contributed by atoms with van der Waals surface area (Å²) < 4.78 is 4.68. The maximum Gasteiger partial charge on any atom is 0.337 e. The molecule has 0 aliphatic rings. The molecule has 120 valence electrons. The Balaban J connectivity index is 2.75. The molecule has 1 aromatic rings. The fourth-order valence-electron chi connectivity index (χ4n) is 2.30. The lowest BCUT2D eigenvalue weighted by Gasteiger charge is -2.07. The molecular formula is C19H26O3. The van der Waals surface area contributed by atoms with E-state index in [1.807, 2.05) is 18.2 Å². The molecule has 0 fully saturated rings. The van der Waals surface area contributed by atoms with Gasteiger partial charge < -0.3 is 9.84 Å². The first-order valence-corrected chi connectivity index (χ1v) is 7.81. The molecule has 22 heavy (non-hydrogen) atoms. The molecule has 0 saturated heterocycles. The molecule has 3 nitrogen and oxygen atoms in total. The number of hydrogen-bond acceptors (Lipinski definition) is 3. The number of aliphatic hydroxyl groups is 1. The Labute approximate surface area is 133 Å². The molecule has 0 aliphatic heterocycles. The van der Waals surface area contributed by atoms with E-state index < -0.39 is 0 Å². The molecule has 0 heterocycles.